The van der Waals surface area contributed by atoms with Crippen molar-refractivity contribution in [3.8, 4) is 10.4 Å². The normalized spacial score (nSPS) is 14.3. The number of rotatable bonds is 1. The van der Waals surface area contributed by atoms with Gasteiger partial charge in [0.15, 0.2) is 0 Å². The van der Waals surface area contributed by atoms with E-state index in [9.17, 15) is 0 Å². The summed E-state index contributed by atoms with van der Waals surface area (Å²) in [5, 5.41) is 6.31. The minimum absolute atomic E-state index is 0.855. The van der Waals surface area contributed by atoms with E-state index in [-0.39, 0.29) is 0 Å². The first-order valence-electron chi connectivity index (χ1n) is 5.45. The zero-order valence-electron chi connectivity index (χ0n) is 8.79. The zero-order valence-corrected chi connectivity index (χ0v) is 10.4. The Bertz CT molecular complexity index is 518. The summed E-state index contributed by atoms with van der Waals surface area (Å²) >= 11 is 7.85. The number of fused-ring (bicyclic) bond motifs is 1. The van der Waals surface area contributed by atoms with Gasteiger partial charge in [-0.05, 0) is 47.5 Å². The minimum Gasteiger partial charge on any atom is -0.385 e. The fourth-order valence-electron chi connectivity index (χ4n) is 2.12. The maximum atomic E-state index is 6.15. The molecule has 1 aliphatic rings. The van der Waals surface area contributed by atoms with Crippen LogP contribution in [-0.2, 0) is 6.42 Å². The van der Waals surface area contributed by atoms with E-state index in [1.54, 1.807) is 11.3 Å². The highest BCUT2D eigenvalue weighted by atomic mass is 35.5. The van der Waals surface area contributed by atoms with Gasteiger partial charge in [0.1, 0.15) is 0 Å². The Morgan fingerprint density at radius 1 is 1.25 bits per heavy atom. The Morgan fingerprint density at radius 2 is 2.19 bits per heavy atom. The number of anilines is 1. The first-order chi connectivity index (χ1) is 7.84. The second kappa shape index (κ2) is 4.11. The van der Waals surface area contributed by atoms with Gasteiger partial charge in [-0.25, -0.2) is 0 Å². The van der Waals surface area contributed by atoms with Crippen LogP contribution in [0.3, 0.4) is 0 Å². The molecule has 0 unspecified atom stereocenters. The number of aryl methyl sites for hydroxylation is 1. The molecule has 82 valence electrons. The standard InChI is InChI=1S/C13H12ClNS/c14-11-5-7-16-13(11)10-3-4-12-9(8-10)2-1-6-15-12/h3-5,7-8,15H,1-2,6H2. The van der Waals surface area contributed by atoms with Crippen molar-refractivity contribution in [1.29, 1.82) is 0 Å². The molecule has 3 rings (SSSR count). The largest absolute Gasteiger partial charge is 0.385 e. The van der Waals surface area contributed by atoms with Gasteiger partial charge in [-0.3, -0.25) is 0 Å². The van der Waals surface area contributed by atoms with Crippen LogP contribution in [0.2, 0.25) is 5.02 Å². The highest BCUT2D eigenvalue weighted by Gasteiger charge is 2.11. The molecule has 0 saturated carbocycles. The molecule has 0 aliphatic carbocycles. The summed E-state index contributed by atoms with van der Waals surface area (Å²) in [6.07, 6.45) is 2.38. The summed E-state index contributed by atoms with van der Waals surface area (Å²) in [5.41, 5.74) is 3.93. The Morgan fingerprint density at radius 3 is 3.00 bits per heavy atom. The molecule has 0 fully saturated rings. The van der Waals surface area contributed by atoms with E-state index in [0.29, 0.717) is 0 Å². The molecule has 0 radical (unpaired) electrons. The predicted octanol–water partition coefficient (Wildman–Crippen LogP) is 4.43. The summed E-state index contributed by atoms with van der Waals surface area (Å²) in [4.78, 5) is 1.18. The van der Waals surface area contributed by atoms with Crippen molar-refractivity contribution in [1.82, 2.24) is 0 Å². The first-order valence-corrected chi connectivity index (χ1v) is 6.70. The quantitative estimate of drug-likeness (QED) is 0.789. The molecule has 1 nitrogen and oxygen atoms in total. The van der Waals surface area contributed by atoms with Crippen LogP contribution in [-0.4, -0.2) is 6.54 Å². The van der Waals surface area contributed by atoms with Gasteiger partial charge in [-0.1, -0.05) is 17.7 Å². The summed E-state index contributed by atoms with van der Waals surface area (Å²) in [7, 11) is 0. The number of thiophene rings is 1. The fourth-order valence-corrected chi connectivity index (χ4v) is 3.28. The second-order valence-corrected chi connectivity index (χ2v) is 5.32. The molecule has 1 N–H and O–H groups in total. The average molecular weight is 250 g/mol. The summed E-state index contributed by atoms with van der Waals surface area (Å²) in [6, 6.07) is 8.53. The smallest absolute Gasteiger partial charge is 0.0592 e. The number of hydrogen-bond acceptors (Lipinski definition) is 2. The molecule has 0 saturated heterocycles. The topological polar surface area (TPSA) is 12.0 Å². The van der Waals surface area contributed by atoms with Gasteiger partial charge in [0, 0.05) is 12.2 Å². The summed E-state index contributed by atoms with van der Waals surface area (Å²) < 4.78 is 0. The van der Waals surface area contributed by atoms with Crippen molar-refractivity contribution in [2.75, 3.05) is 11.9 Å². The van der Waals surface area contributed by atoms with Gasteiger partial charge < -0.3 is 5.32 Å². The lowest BCUT2D eigenvalue weighted by atomic mass is 10.0. The minimum atomic E-state index is 0.855. The second-order valence-electron chi connectivity index (χ2n) is 4.00. The fraction of sp³-hybridized carbons (Fsp3) is 0.231. The van der Waals surface area contributed by atoms with Crippen LogP contribution in [0.4, 0.5) is 5.69 Å². The van der Waals surface area contributed by atoms with Crippen LogP contribution in [0.5, 0.6) is 0 Å². The van der Waals surface area contributed by atoms with Crippen molar-refractivity contribution >= 4 is 28.6 Å². The first kappa shape index (κ1) is 10.2. The monoisotopic (exact) mass is 249 g/mol. The molecule has 1 aromatic heterocycles. The number of nitrogens with one attached hydrogen (secondary N) is 1. The van der Waals surface area contributed by atoms with Crippen molar-refractivity contribution < 1.29 is 0 Å². The molecular weight excluding hydrogens is 238 g/mol. The Kier molecular flexibility index (Phi) is 2.62. The molecule has 16 heavy (non-hydrogen) atoms. The molecule has 2 aromatic rings. The van der Waals surface area contributed by atoms with Crippen LogP contribution in [0, 0.1) is 0 Å². The van der Waals surface area contributed by atoms with Gasteiger partial charge in [0.05, 0.1) is 9.90 Å². The van der Waals surface area contributed by atoms with E-state index in [1.165, 1.54) is 34.5 Å². The summed E-state index contributed by atoms with van der Waals surface area (Å²) in [6.45, 7) is 1.09. The molecule has 1 aromatic carbocycles. The molecule has 0 spiro atoms. The third-order valence-corrected chi connectivity index (χ3v) is 4.31. The molecule has 0 amide bonds. The Labute approximate surface area is 104 Å². The SMILES string of the molecule is Clc1ccsc1-c1ccc2c(c1)CCCN2. The summed E-state index contributed by atoms with van der Waals surface area (Å²) in [5.74, 6) is 0. The number of halogens is 1. The van der Waals surface area contributed by atoms with Gasteiger partial charge in [0.2, 0.25) is 0 Å². The Balaban J connectivity index is 2.06. The molecule has 1 aliphatic heterocycles. The van der Waals surface area contributed by atoms with E-state index in [2.05, 4.69) is 23.5 Å². The van der Waals surface area contributed by atoms with Crippen molar-refractivity contribution in [2.45, 2.75) is 12.8 Å². The average Bonchev–Trinajstić information content (AvgIpc) is 2.75. The van der Waals surface area contributed by atoms with E-state index >= 15 is 0 Å². The van der Waals surface area contributed by atoms with Crippen molar-refractivity contribution in [2.24, 2.45) is 0 Å². The highest BCUT2D eigenvalue weighted by Crippen LogP contribution is 2.35. The highest BCUT2D eigenvalue weighted by molar-refractivity contribution is 7.14. The molecule has 0 bridgehead atoms. The lowest BCUT2D eigenvalue weighted by Gasteiger charge is -2.18. The maximum absolute atomic E-state index is 6.15. The molecule has 3 heteroatoms. The molecule has 0 atom stereocenters. The lowest BCUT2D eigenvalue weighted by Crippen LogP contribution is -2.11. The van der Waals surface area contributed by atoms with Crippen LogP contribution >= 0.6 is 22.9 Å². The van der Waals surface area contributed by atoms with E-state index in [1.807, 2.05) is 11.4 Å². The van der Waals surface area contributed by atoms with Gasteiger partial charge in [-0.15, -0.1) is 11.3 Å². The predicted molar refractivity (Wildman–Crippen MR) is 71.6 cm³/mol. The number of hydrogen-bond donors (Lipinski definition) is 1. The van der Waals surface area contributed by atoms with E-state index in [0.717, 1.165) is 11.6 Å². The van der Waals surface area contributed by atoms with Gasteiger partial charge in [-0.2, -0.15) is 0 Å². The molecular formula is C13H12ClNS. The molecule has 2 heterocycles. The van der Waals surface area contributed by atoms with Crippen LogP contribution in [0.1, 0.15) is 12.0 Å². The van der Waals surface area contributed by atoms with Crippen LogP contribution < -0.4 is 5.32 Å². The zero-order chi connectivity index (χ0) is 11.0. The van der Waals surface area contributed by atoms with E-state index in [4.69, 9.17) is 11.6 Å². The van der Waals surface area contributed by atoms with Gasteiger partial charge in [0.25, 0.3) is 0 Å². The lowest BCUT2D eigenvalue weighted by molar-refractivity contribution is 0.831. The van der Waals surface area contributed by atoms with E-state index < -0.39 is 0 Å². The Hall–Kier alpha value is -0.990. The van der Waals surface area contributed by atoms with Crippen LogP contribution in [0.25, 0.3) is 10.4 Å². The van der Waals surface area contributed by atoms with Crippen molar-refractivity contribution in [3.63, 3.8) is 0 Å². The van der Waals surface area contributed by atoms with Crippen LogP contribution in [0.15, 0.2) is 29.6 Å². The maximum Gasteiger partial charge on any atom is 0.0592 e. The third-order valence-electron chi connectivity index (χ3n) is 2.92. The van der Waals surface area contributed by atoms with Crippen molar-refractivity contribution in [3.05, 3.63) is 40.2 Å². The van der Waals surface area contributed by atoms with Gasteiger partial charge >= 0.3 is 0 Å². The number of benzene rings is 1. The third kappa shape index (κ3) is 1.72.